The molecule has 0 aliphatic rings. The second-order valence-electron chi connectivity index (χ2n) is 7.90. The molecule has 1 N–H and O–H groups in total. The number of hydrogen-bond acceptors (Lipinski definition) is 4. The fourth-order valence-electron chi connectivity index (χ4n) is 3.24. The van der Waals surface area contributed by atoms with Gasteiger partial charge in [-0.05, 0) is 37.6 Å². The molecule has 0 bridgehead atoms. The molecule has 12 heteroatoms. The molecule has 2 amide bonds. The summed E-state index contributed by atoms with van der Waals surface area (Å²) < 4.78 is 79.2. The van der Waals surface area contributed by atoms with E-state index >= 15 is 0 Å². The number of halogens is 4. The zero-order valence-corrected chi connectivity index (χ0v) is 20.3. The number of alkyl halides is 3. The van der Waals surface area contributed by atoms with Crippen molar-refractivity contribution in [3.8, 4) is 0 Å². The molecular weight excluding hydrogens is 490 g/mol. The Kier molecular flexibility index (Phi) is 9.24. The van der Waals surface area contributed by atoms with E-state index in [1.54, 1.807) is 0 Å². The van der Waals surface area contributed by atoms with Crippen LogP contribution in [0, 0.1) is 5.82 Å². The Balaban J connectivity index is 2.44. The Labute approximate surface area is 201 Å². The molecule has 35 heavy (non-hydrogen) atoms. The summed E-state index contributed by atoms with van der Waals surface area (Å²) in [5, 5.41) is 2.62. The van der Waals surface area contributed by atoms with Crippen LogP contribution >= 0.6 is 0 Å². The molecule has 0 aliphatic heterocycles. The van der Waals surface area contributed by atoms with Gasteiger partial charge >= 0.3 is 6.18 Å². The third-order valence-electron chi connectivity index (χ3n) is 5.16. The lowest BCUT2D eigenvalue weighted by molar-refractivity contribution is -0.139. The summed E-state index contributed by atoms with van der Waals surface area (Å²) in [5.74, 6) is -2.07. The normalized spacial score (nSPS) is 12.7. The summed E-state index contributed by atoms with van der Waals surface area (Å²) in [7, 11) is -4.21. The summed E-state index contributed by atoms with van der Waals surface area (Å²) in [6.45, 7) is 2.31. The van der Waals surface area contributed by atoms with Crippen LogP contribution in [0.3, 0.4) is 0 Å². The van der Waals surface area contributed by atoms with Crippen LogP contribution in [-0.2, 0) is 32.3 Å². The quantitative estimate of drug-likeness (QED) is 0.489. The van der Waals surface area contributed by atoms with Crippen molar-refractivity contribution in [2.45, 2.75) is 39.0 Å². The summed E-state index contributed by atoms with van der Waals surface area (Å²) in [4.78, 5) is 26.9. The molecule has 192 valence electrons. The van der Waals surface area contributed by atoms with Gasteiger partial charge in [0.05, 0.1) is 17.5 Å². The van der Waals surface area contributed by atoms with Gasteiger partial charge in [-0.3, -0.25) is 13.9 Å². The smallest absolute Gasteiger partial charge is 0.354 e. The number of carbonyl (C=O) groups excluding carboxylic acids is 2. The summed E-state index contributed by atoms with van der Waals surface area (Å²) in [6.07, 6.45) is -3.36. The van der Waals surface area contributed by atoms with Gasteiger partial charge in [0, 0.05) is 18.7 Å². The molecule has 0 saturated carbocycles. The van der Waals surface area contributed by atoms with Crippen LogP contribution in [0.25, 0.3) is 0 Å². The van der Waals surface area contributed by atoms with Crippen molar-refractivity contribution in [2.24, 2.45) is 0 Å². The minimum Gasteiger partial charge on any atom is -0.354 e. The molecule has 2 rings (SSSR count). The Morgan fingerprint density at radius 3 is 2.31 bits per heavy atom. The van der Waals surface area contributed by atoms with E-state index in [0.717, 1.165) is 29.4 Å². The molecule has 0 fully saturated rings. The average Bonchev–Trinajstić information content (AvgIpc) is 2.78. The number of nitrogens with one attached hydrogen (secondary N) is 1. The highest BCUT2D eigenvalue weighted by atomic mass is 32.2. The standard InChI is InChI=1S/C23H27F4N3O4S/c1-4-12-28-22(32)16(2)29(14-17-8-5-6-11-20(17)24)21(31)15-30(35(3,33)34)19-10-7-9-18(13-19)23(25,26)27/h5-11,13,16H,4,12,14-15H2,1-3H3,(H,28,32)/t16-/m0/s1. The van der Waals surface area contributed by atoms with Gasteiger partial charge in [0.2, 0.25) is 21.8 Å². The first-order chi connectivity index (χ1) is 16.3. The van der Waals surface area contributed by atoms with Gasteiger partial charge in [-0.15, -0.1) is 0 Å². The third kappa shape index (κ3) is 7.67. The second kappa shape index (κ2) is 11.5. The number of hydrogen-bond donors (Lipinski definition) is 1. The van der Waals surface area contributed by atoms with Crippen molar-refractivity contribution in [2.75, 3.05) is 23.7 Å². The van der Waals surface area contributed by atoms with Gasteiger partial charge in [0.15, 0.2) is 0 Å². The van der Waals surface area contributed by atoms with Gasteiger partial charge < -0.3 is 10.2 Å². The maximum Gasteiger partial charge on any atom is 0.416 e. The molecule has 0 spiro atoms. The van der Waals surface area contributed by atoms with Crippen LogP contribution < -0.4 is 9.62 Å². The Hall–Kier alpha value is -3.15. The third-order valence-corrected chi connectivity index (χ3v) is 6.30. The SMILES string of the molecule is CCCNC(=O)[C@H](C)N(Cc1ccccc1F)C(=O)CN(c1cccc(C(F)(F)F)c1)S(C)(=O)=O. The monoisotopic (exact) mass is 517 g/mol. The number of nitrogens with zero attached hydrogens (tertiary/aromatic N) is 2. The van der Waals surface area contributed by atoms with E-state index in [0.29, 0.717) is 23.3 Å². The highest BCUT2D eigenvalue weighted by Gasteiger charge is 2.33. The maximum absolute atomic E-state index is 14.3. The van der Waals surface area contributed by atoms with Crippen molar-refractivity contribution in [1.82, 2.24) is 10.2 Å². The minimum atomic E-state index is -4.73. The van der Waals surface area contributed by atoms with Crippen LogP contribution in [-0.4, -0.2) is 50.5 Å². The molecular formula is C23H27F4N3O4S. The van der Waals surface area contributed by atoms with E-state index in [1.807, 2.05) is 6.92 Å². The van der Waals surface area contributed by atoms with Crippen molar-refractivity contribution in [3.63, 3.8) is 0 Å². The van der Waals surface area contributed by atoms with Gasteiger partial charge in [-0.2, -0.15) is 13.2 Å². The van der Waals surface area contributed by atoms with Crippen LogP contribution in [0.1, 0.15) is 31.4 Å². The minimum absolute atomic E-state index is 0.0842. The van der Waals surface area contributed by atoms with E-state index in [-0.39, 0.29) is 17.8 Å². The lowest BCUT2D eigenvalue weighted by Gasteiger charge is -2.31. The molecule has 0 saturated heterocycles. The van der Waals surface area contributed by atoms with Gasteiger partial charge in [0.1, 0.15) is 18.4 Å². The predicted octanol–water partition coefficient (Wildman–Crippen LogP) is 3.55. The van der Waals surface area contributed by atoms with Crippen LogP contribution in [0.5, 0.6) is 0 Å². The van der Waals surface area contributed by atoms with Crippen molar-refractivity contribution in [3.05, 3.63) is 65.5 Å². The van der Waals surface area contributed by atoms with E-state index < -0.39 is 52.0 Å². The number of benzene rings is 2. The molecule has 0 aliphatic carbocycles. The molecule has 0 radical (unpaired) electrons. The topological polar surface area (TPSA) is 86.8 Å². The first-order valence-electron chi connectivity index (χ1n) is 10.7. The lowest BCUT2D eigenvalue weighted by atomic mass is 10.1. The number of anilines is 1. The van der Waals surface area contributed by atoms with Gasteiger partial charge in [0.25, 0.3) is 0 Å². The van der Waals surface area contributed by atoms with Crippen molar-refractivity contribution >= 4 is 27.5 Å². The Morgan fingerprint density at radius 1 is 1.09 bits per heavy atom. The zero-order valence-electron chi connectivity index (χ0n) is 19.5. The summed E-state index contributed by atoms with van der Waals surface area (Å²) in [5.41, 5.74) is -1.38. The first kappa shape index (κ1) is 28.1. The zero-order chi connectivity index (χ0) is 26.4. The number of sulfonamides is 1. The van der Waals surface area contributed by atoms with Gasteiger partial charge in [-0.25, -0.2) is 12.8 Å². The number of rotatable bonds is 10. The molecule has 2 aromatic rings. The average molecular weight is 518 g/mol. The van der Waals surface area contributed by atoms with Gasteiger partial charge in [-0.1, -0.05) is 31.2 Å². The first-order valence-corrected chi connectivity index (χ1v) is 12.6. The van der Waals surface area contributed by atoms with E-state index in [1.165, 1.54) is 31.2 Å². The highest BCUT2D eigenvalue weighted by Crippen LogP contribution is 2.32. The van der Waals surface area contributed by atoms with E-state index in [2.05, 4.69) is 5.32 Å². The van der Waals surface area contributed by atoms with Crippen molar-refractivity contribution < 1.29 is 35.6 Å². The summed E-state index contributed by atoms with van der Waals surface area (Å²) >= 11 is 0. The molecule has 1 atom stereocenters. The van der Waals surface area contributed by atoms with Crippen LogP contribution in [0.2, 0.25) is 0 Å². The highest BCUT2D eigenvalue weighted by molar-refractivity contribution is 7.92. The number of carbonyl (C=O) groups is 2. The van der Waals surface area contributed by atoms with Crippen molar-refractivity contribution in [1.29, 1.82) is 0 Å². The van der Waals surface area contributed by atoms with E-state index in [9.17, 15) is 35.6 Å². The fraction of sp³-hybridized carbons (Fsp3) is 0.391. The largest absolute Gasteiger partial charge is 0.416 e. The number of amides is 2. The molecule has 0 unspecified atom stereocenters. The van der Waals surface area contributed by atoms with E-state index in [4.69, 9.17) is 0 Å². The Bertz CT molecular complexity index is 1160. The predicted molar refractivity (Wildman–Crippen MR) is 123 cm³/mol. The fourth-order valence-corrected chi connectivity index (χ4v) is 4.08. The Morgan fingerprint density at radius 2 is 1.74 bits per heavy atom. The molecule has 0 aromatic heterocycles. The lowest BCUT2D eigenvalue weighted by Crippen LogP contribution is -2.51. The molecule has 2 aromatic carbocycles. The van der Waals surface area contributed by atoms with Crippen LogP contribution in [0.4, 0.5) is 23.2 Å². The maximum atomic E-state index is 14.3. The second-order valence-corrected chi connectivity index (χ2v) is 9.80. The summed E-state index contributed by atoms with van der Waals surface area (Å²) in [6, 6.07) is 8.00. The molecule has 7 nitrogen and oxygen atoms in total. The molecule has 0 heterocycles. The van der Waals surface area contributed by atoms with Crippen LogP contribution in [0.15, 0.2) is 48.5 Å².